The van der Waals surface area contributed by atoms with Gasteiger partial charge in [-0.2, -0.15) is 0 Å². The second kappa shape index (κ2) is 9.97. The van der Waals surface area contributed by atoms with Crippen LogP contribution in [0.25, 0.3) is 0 Å². The SMILES string of the molecule is C=C[C@]12Cc3c(cccc3OCC(=O)O)C[C@H]1[C@H](CC[C@H](O)CCCCC)[C@@H](O)C2. The van der Waals surface area contributed by atoms with Crippen LogP contribution in [-0.2, 0) is 17.6 Å². The van der Waals surface area contributed by atoms with Gasteiger partial charge in [0.2, 0.25) is 0 Å². The highest BCUT2D eigenvalue weighted by molar-refractivity contribution is 5.68. The Bertz CT molecular complexity index is 745. The molecule has 0 bridgehead atoms. The summed E-state index contributed by atoms with van der Waals surface area (Å²) < 4.78 is 5.55. The van der Waals surface area contributed by atoms with Crippen LogP contribution in [0.3, 0.4) is 0 Å². The Morgan fingerprint density at radius 3 is 2.87 bits per heavy atom. The van der Waals surface area contributed by atoms with Crippen LogP contribution in [0.2, 0.25) is 0 Å². The minimum atomic E-state index is -0.992. The predicted molar refractivity (Wildman–Crippen MR) is 117 cm³/mol. The minimum Gasteiger partial charge on any atom is -0.482 e. The van der Waals surface area contributed by atoms with Crippen LogP contribution in [0.4, 0.5) is 0 Å². The standard InChI is InChI=1S/C25H36O5/c1-3-5-6-9-18(26)11-12-19-21-13-17-8-7-10-23(30-16-24(28)29)20(17)14-25(21,4-2)15-22(19)27/h4,7-8,10,18-19,21-22,26-27H,2-3,5-6,9,11-16H2,1H3,(H,28,29)/t18-,19+,21+,22+,25-/m1/s1. The first-order valence-corrected chi connectivity index (χ1v) is 11.3. The fourth-order valence-electron chi connectivity index (χ4n) is 5.65. The first-order valence-electron chi connectivity index (χ1n) is 11.3. The van der Waals surface area contributed by atoms with Gasteiger partial charge in [0.15, 0.2) is 6.61 Å². The molecule has 1 fully saturated rings. The molecule has 5 heteroatoms. The van der Waals surface area contributed by atoms with E-state index < -0.39 is 12.1 Å². The van der Waals surface area contributed by atoms with Gasteiger partial charge in [0.1, 0.15) is 5.75 Å². The molecule has 0 aromatic heterocycles. The summed E-state index contributed by atoms with van der Waals surface area (Å²) in [6.07, 6.45) is 9.20. The second-order valence-electron chi connectivity index (χ2n) is 9.16. The van der Waals surface area contributed by atoms with Crippen molar-refractivity contribution in [3.05, 3.63) is 42.0 Å². The third-order valence-electron chi connectivity index (χ3n) is 7.25. The topological polar surface area (TPSA) is 87.0 Å². The molecule has 1 aromatic carbocycles. The van der Waals surface area contributed by atoms with Crippen molar-refractivity contribution in [2.24, 2.45) is 17.3 Å². The molecule has 0 saturated heterocycles. The van der Waals surface area contributed by atoms with E-state index >= 15 is 0 Å². The van der Waals surface area contributed by atoms with Crippen LogP contribution in [0.1, 0.15) is 63.0 Å². The zero-order chi connectivity index (χ0) is 21.7. The van der Waals surface area contributed by atoms with Gasteiger partial charge in [-0.1, -0.05) is 44.4 Å². The van der Waals surface area contributed by atoms with E-state index in [0.717, 1.165) is 50.5 Å². The molecule has 5 atom stereocenters. The van der Waals surface area contributed by atoms with E-state index in [4.69, 9.17) is 9.84 Å². The van der Waals surface area contributed by atoms with E-state index in [-0.39, 0.29) is 30.0 Å². The van der Waals surface area contributed by atoms with Crippen LogP contribution in [0, 0.1) is 17.3 Å². The van der Waals surface area contributed by atoms with E-state index in [0.29, 0.717) is 18.6 Å². The molecule has 3 rings (SSSR count). The van der Waals surface area contributed by atoms with Crippen molar-refractivity contribution < 1.29 is 24.9 Å². The molecule has 2 aliphatic carbocycles. The third-order valence-corrected chi connectivity index (χ3v) is 7.25. The number of carboxylic acids is 1. The van der Waals surface area contributed by atoms with E-state index in [9.17, 15) is 15.0 Å². The summed E-state index contributed by atoms with van der Waals surface area (Å²) in [6, 6.07) is 5.82. The molecule has 1 saturated carbocycles. The number of allylic oxidation sites excluding steroid dienone is 1. The van der Waals surface area contributed by atoms with E-state index in [1.807, 2.05) is 18.2 Å². The van der Waals surface area contributed by atoms with Gasteiger partial charge in [0, 0.05) is 0 Å². The lowest BCUT2D eigenvalue weighted by Gasteiger charge is -2.40. The minimum absolute atomic E-state index is 0.139. The molecule has 0 radical (unpaired) electrons. The van der Waals surface area contributed by atoms with Crippen LogP contribution in [0.5, 0.6) is 5.75 Å². The number of aliphatic carboxylic acids is 1. The van der Waals surface area contributed by atoms with Crippen molar-refractivity contribution in [2.75, 3.05) is 6.61 Å². The molecule has 2 aliphatic rings. The lowest BCUT2D eigenvalue weighted by molar-refractivity contribution is -0.139. The first-order chi connectivity index (χ1) is 14.4. The van der Waals surface area contributed by atoms with Crippen LogP contribution < -0.4 is 4.74 Å². The fraction of sp³-hybridized carbons (Fsp3) is 0.640. The number of aliphatic hydroxyl groups is 2. The van der Waals surface area contributed by atoms with Gasteiger partial charge in [0.05, 0.1) is 12.2 Å². The molecule has 5 nitrogen and oxygen atoms in total. The Labute approximate surface area is 179 Å². The molecular formula is C25H36O5. The largest absolute Gasteiger partial charge is 0.482 e. The maximum atomic E-state index is 10.9. The summed E-state index contributed by atoms with van der Waals surface area (Å²) in [5, 5.41) is 30.3. The number of carboxylic acid groups (broad SMARTS) is 1. The Hall–Kier alpha value is -1.85. The normalized spacial score (nSPS) is 28.4. The highest BCUT2D eigenvalue weighted by atomic mass is 16.5. The van der Waals surface area contributed by atoms with Crippen molar-refractivity contribution in [1.29, 1.82) is 0 Å². The first kappa shape index (κ1) is 22.8. The van der Waals surface area contributed by atoms with Crippen molar-refractivity contribution in [2.45, 2.75) is 76.9 Å². The third kappa shape index (κ3) is 4.89. The molecule has 166 valence electrons. The number of benzene rings is 1. The molecule has 0 aliphatic heterocycles. The van der Waals surface area contributed by atoms with Gasteiger partial charge >= 0.3 is 5.97 Å². The van der Waals surface area contributed by atoms with Gasteiger partial charge in [-0.15, -0.1) is 6.58 Å². The van der Waals surface area contributed by atoms with E-state index in [2.05, 4.69) is 19.6 Å². The number of hydrogen-bond acceptors (Lipinski definition) is 4. The Morgan fingerprint density at radius 1 is 1.37 bits per heavy atom. The lowest BCUT2D eigenvalue weighted by atomic mass is 9.64. The van der Waals surface area contributed by atoms with E-state index in [1.54, 1.807) is 0 Å². The van der Waals surface area contributed by atoms with Crippen molar-refractivity contribution in [1.82, 2.24) is 0 Å². The quantitative estimate of drug-likeness (QED) is 0.373. The highest BCUT2D eigenvalue weighted by Gasteiger charge is 2.53. The Kier molecular flexibility index (Phi) is 7.59. The number of ether oxygens (including phenoxy) is 1. The molecule has 1 aromatic rings. The molecule has 3 N–H and O–H groups in total. The number of rotatable bonds is 11. The maximum absolute atomic E-state index is 10.9. The molecular weight excluding hydrogens is 380 g/mol. The summed E-state index contributed by atoms with van der Waals surface area (Å²) in [5.74, 6) is 0.0445. The molecule has 30 heavy (non-hydrogen) atoms. The van der Waals surface area contributed by atoms with Crippen LogP contribution in [0.15, 0.2) is 30.9 Å². The molecule has 0 heterocycles. The average molecular weight is 417 g/mol. The smallest absolute Gasteiger partial charge is 0.341 e. The zero-order valence-corrected chi connectivity index (χ0v) is 18.1. The summed E-state index contributed by atoms with van der Waals surface area (Å²) in [5.41, 5.74) is 2.00. The number of aliphatic hydroxyl groups excluding tert-OH is 2. The fourth-order valence-corrected chi connectivity index (χ4v) is 5.65. The Morgan fingerprint density at radius 2 is 2.17 bits per heavy atom. The van der Waals surface area contributed by atoms with Gasteiger partial charge in [-0.3, -0.25) is 0 Å². The predicted octanol–water partition coefficient (Wildman–Crippen LogP) is 4.14. The molecule has 0 spiro atoms. The van der Waals surface area contributed by atoms with Crippen molar-refractivity contribution >= 4 is 5.97 Å². The second-order valence-corrected chi connectivity index (χ2v) is 9.16. The van der Waals surface area contributed by atoms with E-state index in [1.165, 1.54) is 5.56 Å². The Balaban J connectivity index is 1.75. The van der Waals surface area contributed by atoms with Gasteiger partial charge < -0.3 is 20.1 Å². The number of carbonyl (C=O) groups is 1. The highest BCUT2D eigenvalue weighted by Crippen LogP contribution is 2.56. The monoisotopic (exact) mass is 416 g/mol. The summed E-state index contributed by atoms with van der Waals surface area (Å²) in [6.45, 7) is 5.92. The van der Waals surface area contributed by atoms with Crippen LogP contribution in [-0.4, -0.2) is 40.1 Å². The van der Waals surface area contributed by atoms with Gasteiger partial charge in [-0.05, 0) is 73.0 Å². The summed E-state index contributed by atoms with van der Waals surface area (Å²) >= 11 is 0. The van der Waals surface area contributed by atoms with Crippen LogP contribution >= 0.6 is 0 Å². The lowest BCUT2D eigenvalue weighted by Crippen LogP contribution is -2.35. The summed E-state index contributed by atoms with van der Waals surface area (Å²) in [4.78, 5) is 10.9. The van der Waals surface area contributed by atoms with Gasteiger partial charge in [0.25, 0.3) is 0 Å². The molecule has 0 amide bonds. The summed E-state index contributed by atoms with van der Waals surface area (Å²) in [7, 11) is 0. The molecule has 0 unspecified atom stereocenters. The number of unbranched alkanes of at least 4 members (excludes halogenated alkanes) is 2. The number of hydrogen-bond donors (Lipinski definition) is 3. The number of fused-ring (bicyclic) bond motifs is 2. The van der Waals surface area contributed by atoms with Crippen molar-refractivity contribution in [3.63, 3.8) is 0 Å². The maximum Gasteiger partial charge on any atom is 0.341 e. The van der Waals surface area contributed by atoms with Crippen molar-refractivity contribution in [3.8, 4) is 5.75 Å². The van der Waals surface area contributed by atoms with Gasteiger partial charge in [-0.25, -0.2) is 4.79 Å². The average Bonchev–Trinajstić information content (AvgIpc) is 3.00. The zero-order valence-electron chi connectivity index (χ0n) is 18.1.